The van der Waals surface area contributed by atoms with Crippen LogP contribution in [0.15, 0.2) is 12.2 Å². The van der Waals surface area contributed by atoms with Crippen molar-refractivity contribution < 1.29 is 34.1 Å². The number of unbranched alkanes of at least 4 members (excludes halogenated alkanes) is 21. The fourth-order valence-corrected chi connectivity index (χ4v) is 5.68. The Labute approximate surface area is 292 Å². The second-order valence-corrected chi connectivity index (χ2v) is 13.4. The second kappa shape index (κ2) is 34.4. The first kappa shape index (κ1) is 45.6. The van der Waals surface area contributed by atoms with E-state index in [-0.39, 0.29) is 30.9 Å². The van der Waals surface area contributed by atoms with E-state index in [0.29, 0.717) is 12.8 Å². The lowest BCUT2D eigenvalue weighted by atomic mass is 10.0. The molecule has 0 rings (SSSR count). The average molecular weight is 681 g/mol. The maximum Gasteiger partial charge on any atom is 0.328 e. The van der Waals surface area contributed by atoms with Crippen LogP contribution in [-0.4, -0.2) is 59.3 Å². The quantitative estimate of drug-likeness (QED) is 0.0298. The highest BCUT2D eigenvalue weighted by Gasteiger charge is 2.18. The smallest absolute Gasteiger partial charge is 0.328 e. The van der Waals surface area contributed by atoms with E-state index in [2.05, 4.69) is 30.6 Å². The minimum atomic E-state index is -1.39. The molecule has 0 fully saturated rings. The number of hydrogen-bond acceptors (Lipinski definition) is 6. The molecule has 0 aliphatic carbocycles. The standard InChI is InChI=1S/C39H72N2O7/c1-3-5-7-9-10-11-12-13-14-15-16-17-18-19-21-27-31-38(45)48-34(28-24-20-8-6-4-2)29-25-22-23-26-30-36(43)40-32-37(44)41-35(33-42)39(46)47/h24,28,34-35,42H,3-23,25-27,29-33H2,1-2H3,(H,40,43)(H,41,44)(H,46,47)/b28-24-. The Morgan fingerprint density at radius 3 is 1.62 bits per heavy atom. The third-order valence-corrected chi connectivity index (χ3v) is 8.75. The third kappa shape index (κ3) is 30.9. The molecule has 0 saturated carbocycles. The Morgan fingerprint density at radius 2 is 1.10 bits per heavy atom. The van der Waals surface area contributed by atoms with Gasteiger partial charge in [0.1, 0.15) is 12.1 Å². The molecule has 0 aromatic rings. The first-order valence-corrected chi connectivity index (χ1v) is 19.6. The number of carboxylic acid groups (broad SMARTS) is 1. The van der Waals surface area contributed by atoms with Gasteiger partial charge in [-0.25, -0.2) is 4.79 Å². The van der Waals surface area contributed by atoms with Gasteiger partial charge in [0.15, 0.2) is 0 Å². The Balaban J connectivity index is 4.07. The van der Waals surface area contributed by atoms with Crippen LogP contribution in [0.5, 0.6) is 0 Å². The highest BCUT2D eigenvalue weighted by Crippen LogP contribution is 2.16. The number of hydrogen-bond donors (Lipinski definition) is 4. The van der Waals surface area contributed by atoms with Crippen molar-refractivity contribution >= 4 is 23.8 Å². The van der Waals surface area contributed by atoms with Crippen molar-refractivity contribution in [3.63, 3.8) is 0 Å². The number of nitrogens with one attached hydrogen (secondary N) is 2. The normalized spacial score (nSPS) is 12.6. The van der Waals surface area contributed by atoms with E-state index in [4.69, 9.17) is 14.9 Å². The lowest BCUT2D eigenvalue weighted by molar-refractivity contribution is -0.147. The summed E-state index contributed by atoms with van der Waals surface area (Å²) in [5.41, 5.74) is 0. The Morgan fingerprint density at radius 1 is 0.625 bits per heavy atom. The van der Waals surface area contributed by atoms with Gasteiger partial charge in [0.2, 0.25) is 11.8 Å². The van der Waals surface area contributed by atoms with Gasteiger partial charge >= 0.3 is 11.9 Å². The lowest BCUT2D eigenvalue weighted by Gasteiger charge is -2.15. The van der Waals surface area contributed by atoms with Crippen LogP contribution >= 0.6 is 0 Å². The number of carbonyl (C=O) groups excluding carboxylic acids is 3. The molecule has 0 aliphatic rings. The molecule has 0 bridgehead atoms. The average Bonchev–Trinajstić information content (AvgIpc) is 3.07. The van der Waals surface area contributed by atoms with Gasteiger partial charge in [0, 0.05) is 12.8 Å². The van der Waals surface area contributed by atoms with Gasteiger partial charge < -0.3 is 25.6 Å². The molecule has 2 amide bonds. The van der Waals surface area contributed by atoms with Gasteiger partial charge in [-0.15, -0.1) is 0 Å². The topological polar surface area (TPSA) is 142 Å². The van der Waals surface area contributed by atoms with Crippen molar-refractivity contribution in [1.82, 2.24) is 10.6 Å². The number of allylic oxidation sites excluding steroid dienone is 1. The predicted molar refractivity (Wildman–Crippen MR) is 195 cm³/mol. The van der Waals surface area contributed by atoms with Gasteiger partial charge in [-0.05, 0) is 44.6 Å². The monoisotopic (exact) mass is 681 g/mol. The molecule has 48 heavy (non-hydrogen) atoms. The van der Waals surface area contributed by atoms with Gasteiger partial charge in [0.05, 0.1) is 13.2 Å². The first-order chi connectivity index (χ1) is 23.3. The number of aliphatic hydroxyl groups excluding tert-OH is 1. The molecule has 0 radical (unpaired) electrons. The van der Waals surface area contributed by atoms with Gasteiger partial charge in [-0.2, -0.15) is 0 Å². The van der Waals surface area contributed by atoms with Crippen molar-refractivity contribution in [2.45, 2.75) is 199 Å². The number of aliphatic hydroxyl groups is 1. The van der Waals surface area contributed by atoms with Gasteiger partial charge in [-0.3, -0.25) is 14.4 Å². The van der Waals surface area contributed by atoms with Crippen LogP contribution in [-0.2, 0) is 23.9 Å². The van der Waals surface area contributed by atoms with E-state index in [1.807, 2.05) is 6.08 Å². The molecular weight excluding hydrogens is 608 g/mol. The number of esters is 1. The Kier molecular flexibility index (Phi) is 32.7. The molecule has 2 unspecified atom stereocenters. The van der Waals surface area contributed by atoms with Crippen LogP contribution in [0.25, 0.3) is 0 Å². The van der Waals surface area contributed by atoms with Crippen molar-refractivity contribution in [2.24, 2.45) is 0 Å². The molecule has 0 aromatic carbocycles. The second-order valence-electron chi connectivity index (χ2n) is 13.4. The van der Waals surface area contributed by atoms with E-state index in [1.165, 1.54) is 103 Å². The number of carboxylic acids is 1. The summed E-state index contributed by atoms with van der Waals surface area (Å²) in [6, 6.07) is -1.39. The molecule has 9 heteroatoms. The van der Waals surface area contributed by atoms with Crippen LogP contribution in [0.3, 0.4) is 0 Å². The van der Waals surface area contributed by atoms with Crippen molar-refractivity contribution in [1.29, 1.82) is 0 Å². The molecule has 0 aromatic heterocycles. The van der Waals surface area contributed by atoms with Gasteiger partial charge in [-0.1, -0.05) is 142 Å². The number of aliphatic carboxylic acids is 1. The summed E-state index contributed by atoms with van der Waals surface area (Å²) in [5.74, 6) is -2.39. The zero-order valence-electron chi connectivity index (χ0n) is 30.8. The molecule has 9 nitrogen and oxygen atoms in total. The predicted octanol–water partition coefficient (Wildman–Crippen LogP) is 8.70. The fraction of sp³-hybridized carbons (Fsp3) is 0.846. The van der Waals surface area contributed by atoms with Crippen LogP contribution < -0.4 is 10.6 Å². The molecule has 0 spiro atoms. The van der Waals surface area contributed by atoms with E-state index >= 15 is 0 Å². The molecule has 0 saturated heterocycles. The highest BCUT2D eigenvalue weighted by atomic mass is 16.5. The van der Waals surface area contributed by atoms with Crippen LogP contribution in [0.1, 0.15) is 187 Å². The lowest BCUT2D eigenvalue weighted by Crippen LogP contribution is -2.47. The maximum atomic E-state index is 12.6. The third-order valence-electron chi connectivity index (χ3n) is 8.75. The summed E-state index contributed by atoms with van der Waals surface area (Å²) >= 11 is 0. The number of amides is 2. The van der Waals surface area contributed by atoms with E-state index in [0.717, 1.165) is 51.4 Å². The van der Waals surface area contributed by atoms with E-state index in [1.54, 1.807) is 0 Å². The SMILES string of the molecule is CCCCC/C=C\C(CCCCCCC(=O)NCC(=O)NC(CO)C(=O)O)OC(=O)CCCCCCCCCCCCCCCCCC. The van der Waals surface area contributed by atoms with Gasteiger partial charge in [0.25, 0.3) is 0 Å². The first-order valence-electron chi connectivity index (χ1n) is 19.6. The summed E-state index contributed by atoms with van der Waals surface area (Å²) in [6.07, 6.45) is 34.2. The minimum Gasteiger partial charge on any atom is -0.480 e. The summed E-state index contributed by atoms with van der Waals surface area (Å²) in [7, 11) is 0. The molecule has 0 heterocycles. The molecule has 0 aliphatic heterocycles. The van der Waals surface area contributed by atoms with Crippen molar-refractivity contribution in [3.05, 3.63) is 12.2 Å². The van der Waals surface area contributed by atoms with Crippen molar-refractivity contribution in [3.8, 4) is 0 Å². The number of rotatable bonds is 35. The highest BCUT2D eigenvalue weighted by molar-refractivity contribution is 5.87. The Hall–Kier alpha value is -2.42. The Bertz CT molecular complexity index is 833. The van der Waals surface area contributed by atoms with E-state index < -0.39 is 24.5 Å². The minimum absolute atomic E-state index is 0.113. The summed E-state index contributed by atoms with van der Waals surface area (Å²) in [4.78, 5) is 47.2. The largest absolute Gasteiger partial charge is 0.480 e. The number of ether oxygens (including phenoxy) is 1. The zero-order chi connectivity index (χ0) is 35.5. The summed E-state index contributed by atoms with van der Waals surface area (Å²) in [5, 5.41) is 22.5. The molecular formula is C39H72N2O7. The summed E-state index contributed by atoms with van der Waals surface area (Å²) < 4.78 is 5.85. The zero-order valence-corrected chi connectivity index (χ0v) is 30.8. The van der Waals surface area contributed by atoms with Crippen LogP contribution in [0.2, 0.25) is 0 Å². The van der Waals surface area contributed by atoms with Crippen LogP contribution in [0.4, 0.5) is 0 Å². The van der Waals surface area contributed by atoms with Crippen LogP contribution in [0, 0.1) is 0 Å². The molecule has 280 valence electrons. The fourth-order valence-electron chi connectivity index (χ4n) is 5.68. The van der Waals surface area contributed by atoms with Crippen molar-refractivity contribution in [2.75, 3.05) is 13.2 Å². The summed E-state index contributed by atoms with van der Waals surface area (Å²) in [6.45, 7) is 3.40. The molecule has 2 atom stereocenters. The maximum absolute atomic E-state index is 12.6. The van der Waals surface area contributed by atoms with E-state index in [9.17, 15) is 19.2 Å². The number of carbonyl (C=O) groups is 4. The molecule has 4 N–H and O–H groups in total.